The summed E-state index contributed by atoms with van der Waals surface area (Å²) in [4.78, 5) is 14.3. The van der Waals surface area contributed by atoms with Crippen molar-refractivity contribution < 1.29 is 4.79 Å². The second-order valence-electron chi connectivity index (χ2n) is 8.21. The average molecular weight is 423 g/mol. The molecule has 0 bridgehead atoms. The molecule has 1 aromatic heterocycles. The predicted octanol–water partition coefficient (Wildman–Crippen LogP) is 6.45. The second-order valence-corrected chi connectivity index (χ2v) is 10.1. The maximum Gasteiger partial charge on any atom is 0.256 e. The van der Waals surface area contributed by atoms with Crippen LogP contribution in [0.5, 0.6) is 0 Å². The number of thiophene rings is 1. The molecule has 2 heterocycles. The molecule has 1 aromatic carbocycles. The number of fused-ring (bicyclic) bond motifs is 3. The van der Waals surface area contributed by atoms with Crippen molar-refractivity contribution in [1.29, 1.82) is 0 Å². The Morgan fingerprint density at radius 3 is 2.70 bits per heavy atom. The van der Waals surface area contributed by atoms with E-state index in [-0.39, 0.29) is 12.1 Å². The number of halogens is 2. The highest BCUT2D eigenvalue weighted by Crippen LogP contribution is 2.47. The zero-order valence-electron chi connectivity index (χ0n) is 15.8. The predicted molar refractivity (Wildman–Crippen MR) is 114 cm³/mol. The molecular formula is C21H24Cl2N2OS. The fraction of sp³-hybridized carbons (Fsp3) is 0.476. The maximum absolute atomic E-state index is 12.9. The van der Waals surface area contributed by atoms with Crippen LogP contribution in [0.2, 0.25) is 10.0 Å². The number of rotatable bonds is 3. The molecule has 1 aliphatic carbocycles. The molecule has 2 aliphatic rings. The molecule has 1 amide bonds. The lowest BCUT2D eigenvalue weighted by Gasteiger charge is -2.36. The quantitative estimate of drug-likeness (QED) is 0.596. The standard InChI is InChI=1S/C21H24Cl2N2OS/c1-4-21(2,3)12-6-7-13-16(10-12)27-20-17(13)19(26)24-18(25-20)11-5-8-14(22)15(23)9-11/h5,8-9,12,18,25H,4,6-7,10H2,1-3H3,(H,24,26)/t12-,18+/m1/s1. The third-order valence-electron chi connectivity index (χ3n) is 6.34. The van der Waals surface area contributed by atoms with Crippen LogP contribution >= 0.6 is 34.5 Å². The molecule has 0 saturated carbocycles. The van der Waals surface area contributed by atoms with Gasteiger partial charge in [0.2, 0.25) is 0 Å². The molecule has 2 atom stereocenters. The Balaban J connectivity index is 1.63. The Morgan fingerprint density at radius 2 is 2.00 bits per heavy atom. The van der Waals surface area contributed by atoms with Crippen molar-refractivity contribution in [3.05, 3.63) is 49.8 Å². The number of anilines is 1. The molecule has 144 valence electrons. The van der Waals surface area contributed by atoms with Crippen LogP contribution in [0.1, 0.15) is 66.1 Å². The minimum atomic E-state index is -0.289. The molecular weight excluding hydrogens is 399 g/mol. The van der Waals surface area contributed by atoms with Crippen LogP contribution in [0.4, 0.5) is 5.00 Å². The molecule has 0 unspecified atom stereocenters. The van der Waals surface area contributed by atoms with Crippen molar-refractivity contribution >= 4 is 45.4 Å². The van der Waals surface area contributed by atoms with E-state index >= 15 is 0 Å². The van der Waals surface area contributed by atoms with Crippen LogP contribution in [-0.2, 0) is 12.8 Å². The highest BCUT2D eigenvalue weighted by atomic mass is 35.5. The highest BCUT2D eigenvalue weighted by Gasteiger charge is 2.37. The molecule has 1 aliphatic heterocycles. The summed E-state index contributed by atoms with van der Waals surface area (Å²) in [6.07, 6.45) is 4.10. The van der Waals surface area contributed by atoms with Crippen molar-refractivity contribution in [3.63, 3.8) is 0 Å². The maximum atomic E-state index is 12.9. The van der Waals surface area contributed by atoms with Crippen molar-refractivity contribution in [2.45, 2.75) is 52.6 Å². The third kappa shape index (κ3) is 3.37. The molecule has 0 radical (unpaired) electrons. The minimum absolute atomic E-state index is 0.00511. The van der Waals surface area contributed by atoms with Gasteiger partial charge in [-0.2, -0.15) is 0 Å². The van der Waals surface area contributed by atoms with E-state index in [1.54, 1.807) is 23.5 Å². The largest absolute Gasteiger partial charge is 0.353 e. The Morgan fingerprint density at radius 1 is 1.22 bits per heavy atom. The zero-order valence-corrected chi connectivity index (χ0v) is 18.1. The number of amides is 1. The van der Waals surface area contributed by atoms with Crippen LogP contribution in [0.15, 0.2) is 18.2 Å². The molecule has 2 aromatic rings. The van der Waals surface area contributed by atoms with Gasteiger partial charge in [-0.1, -0.05) is 56.5 Å². The number of carbonyl (C=O) groups excluding carboxylic acids is 1. The lowest BCUT2D eigenvalue weighted by Crippen LogP contribution is -2.38. The van der Waals surface area contributed by atoms with Gasteiger partial charge in [0, 0.05) is 4.88 Å². The van der Waals surface area contributed by atoms with Crippen molar-refractivity contribution in [2.75, 3.05) is 5.32 Å². The monoisotopic (exact) mass is 422 g/mol. The van der Waals surface area contributed by atoms with E-state index in [2.05, 4.69) is 31.4 Å². The van der Waals surface area contributed by atoms with Gasteiger partial charge in [-0.05, 0) is 53.9 Å². The molecule has 0 fully saturated rings. The van der Waals surface area contributed by atoms with E-state index in [0.717, 1.165) is 35.4 Å². The highest BCUT2D eigenvalue weighted by molar-refractivity contribution is 7.16. The van der Waals surface area contributed by atoms with Crippen LogP contribution in [0, 0.1) is 11.3 Å². The summed E-state index contributed by atoms with van der Waals surface area (Å²) in [6.45, 7) is 6.99. The Hall–Kier alpha value is -1.23. The van der Waals surface area contributed by atoms with Crippen molar-refractivity contribution in [2.24, 2.45) is 11.3 Å². The van der Waals surface area contributed by atoms with E-state index in [4.69, 9.17) is 23.2 Å². The first-order chi connectivity index (χ1) is 12.8. The van der Waals surface area contributed by atoms with E-state index in [1.807, 2.05) is 6.07 Å². The van der Waals surface area contributed by atoms with Crippen LogP contribution in [-0.4, -0.2) is 5.91 Å². The summed E-state index contributed by atoms with van der Waals surface area (Å²) in [7, 11) is 0. The number of nitrogens with one attached hydrogen (secondary N) is 2. The van der Waals surface area contributed by atoms with E-state index in [0.29, 0.717) is 21.4 Å². The first kappa shape index (κ1) is 19.1. The molecule has 0 saturated heterocycles. The molecule has 2 N–H and O–H groups in total. The Kier molecular flexibility index (Phi) is 4.94. The summed E-state index contributed by atoms with van der Waals surface area (Å²) in [6, 6.07) is 5.46. The summed E-state index contributed by atoms with van der Waals surface area (Å²) >= 11 is 13.9. The lowest BCUT2D eigenvalue weighted by atomic mass is 9.69. The van der Waals surface area contributed by atoms with Gasteiger partial charge in [-0.25, -0.2) is 0 Å². The zero-order chi connectivity index (χ0) is 19.3. The first-order valence-electron chi connectivity index (χ1n) is 9.47. The molecule has 0 spiro atoms. The number of hydrogen-bond acceptors (Lipinski definition) is 3. The average Bonchev–Trinajstić information content (AvgIpc) is 3.02. The van der Waals surface area contributed by atoms with Gasteiger partial charge in [0.05, 0.1) is 15.6 Å². The number of carbonyl (C=O) groups is 1. The van der Waals surface area contributed by atoms with E-state index in [9.17, 15) is 4.79 Å². The topological polar surface area (TPSA) is 41.1 Å². The van der Waals surface area contributed by atoms with Gasteiger partial charge in [-0.15, -0.1) is 11.3 Å². The van der Waals surface area contributed by atoms with Gasteiger partial charge in [0.15, 0.2) is 0 Å². The summed E-state index contributed by atoms with van der Waals surface area (Å²) < 4.78 is 0. The van der Waals surface area contributed by atoms with Crippen LogP contribution in [0.3, 0.4) is 0 Å². The molecule has 27 heavy (non-hydrogen) atoms. The molecule has 3 nitrogen and oxygen atoms in total. The normalized spacial score (nSPS) is 21.9. The summed E-state index contributed by atoms with van der Waals surface area (Å²) in [5.41, 5.74) is 3.33. The number of hydrogen-bond donors (Lipinski definition) is 2. The minimum Gasteiger partial charge on any atom is -0.353 e. The van der Waals surface area contributed by atoms with E-state index < -0.39 is 0 Å². The van der Waals surface area contributed by atoms with Gasteiger partial charge < -0.3 is 10.6 Å². The van der Waals surface area contributed by atoms with Crippen molar-refractivity contribution in [1.82, 2.24) is 5.32 Å². The SMILES string of the molecule is CCC(C)(C)[C@@H]1CCc2c(sc3c2C(=O)N[C@H](c2ccc(Cl)c(Cl)c2)N3)C1. The van der Waals surface area contributed by atoms with Gasteiger partial charge in [-0.3, -0.25) is 4.79 Å². The van der Waals surface area contributed by atoms with Gasteiger partial charge in [0.1, 0.15) is 11.2 Å². The smallest absolute Gasteiger partial charge is 0.256 e. The lowest BCUT2D eigenvalue weighted by molar-refractivity contribution is 0.0934. The summed E-state index contributed by atoms with van der Waals surface area (Å²) in [5, 5.41) is 8.57. The van der Waals surface area contributed by atoms with Gasteiger partial charge in [0.25, 0.3) is 5.91 Å². The molecule has 6 heteroatoms. The van der Waals surface area contributed by atoms with E-state index in [1.165, 1.54) is 16.9 Å². The third-order valence-corrected chi connectivity index (χ3v) is 8.26. The fourth-order valence-electron chi connectivity index (χ4n) is 4.11. The first-order valence-corrected chi connectivity index (χ1v) is 11.0. The number of benzene rings is 1. The van der Waals surface area contributed by atoms with Crippen LogP contribution in [0.25, 0.3) is 0 Å². The fourth-order valence-corrected chi connectivity index (χ4v) is 5.77. The Labute approximate surface area is 174 Å². The molecule has 4 rings (SSSR count). The Bertz CT molecular complexity index is 906. The second kappa shape index (κ2) is 6.98. The summed E-state index contributed by atoms with van der Waals surface area (Å²) in [5.74, 6) is 0.676. The van der Waals surface area contributed by atoms with Gasteiger partial charge >= 0.3 is 0 Å². The van der Waals surface area contributed by atoms with Crippen LogP contribution < -0.4 is 10.6 Å². The van der Waals surface area contributed by atoms with Crippen molar-refractivity contribution in [3.8, 4) is 0 Å².